The fourth-order valence-electron chi connectivity index (χ4n) is 2.69. The second kappa shape index (κ2) is 7.08. The van der Waals surface area contributed by atoms with Crippen LogP contribution in [0.25, 0.3) is 0 Å². The van der Waals surface area contributed by atoms with E-state index >= 15 is 0 Å². The summed E-state index contributed by atoms with van der Waals surface area (Å²) in [6.45, 7) is 8.07. The molecule has 0 atom stereocenters. The highest BCUT2D eigenvalue weighted by Crippen LogP contribution is 2.23. The third-order valence-electron chi connectivity index (χ3n) is 3.88. The number of benzene rings is 1. The summed E-state index contributed by atoms with van der Waals surface area (Å²) >= 11 is 0. The van der Waals surface area contributed by atoms with Gasteiger partial charge in [0.1, 0.15) is 5.60 Å². The number of piperidine rings is 1. The van der Waals surface area contributed by atoms with Crippen molar-refractivity contribution in [3.63, 3.8) is 0 Å². The SMILES string of the molecule is CC(C)(C)OC(=O)C1CCN(Cc2ccc([N+](=O)[O-])cc2)CC1. The summed E-state index contributed by atoms with van der Waals surface area (Å²) in [6, 6.07) is 6.64. The van der Waals surface area contributed by atoms with Crippen LogP contribution in [0.4, 0.5) is 5.69 Å². The van der Waals surface area contributed by atoms with Crippen molar-refractivity contribution in [2.24, 2.45) is 5.92 Å². The van der Waals surface area contributed by atoms with Gasteiger partial charge in [0, 0.05) is 18.7 Å². The molecule has 1 aliphatic rings. The Morgan fingerprint density at radius 2 is 1.83 bits per heavy atom. The van der Waals surface area contributed by atoms with E-state index in [-0.39, 0.29) is 17.6 Å². The van der Waals surface area contributed by atoms with Gasteiger partial charge in [0.15, 0.2) is 0 Å². The third kappa shape index (κ3) is 5.32. The summed E-state index contributed by atoms with van der Waals surface area (Å²) in [6.07, 6.45) is 1.59. The van der Waals surface area contributed by atoms with E-state index in [9.17, 15) is 14.9 Å². The van der Waals surface area contributed by atoms with Crippen molar-refractivity contribution in [1.29, 1.82) is 0 Å². The van der Waals surface area contributed by atoms with Crippen LogP contribution in [0.3, 0.4) is 0 Å². The standard InChI is InChI=1S/C17H24N2O4/c1-17(2,3)23-16(20)14-8-10-18(11-9-14)12-13-4-6-15(7-5-13)19(21)22/h4-7,14H,8-12H2,1-3H3. The van der Waals surface area contributed by atoms with Crippen LogP contribution >= 0.6 is 0 Å². The van der Waals surface area contributed by atoms with Gasteiger partial charge in [-0.15, -0.1) is 0 Å². The summed E-state index contributed by atoms with van der Waals surface area (Å²) in [7, 11) is 0. The van der Waals surface area contributed by atoms with Gasteiger partial charge in [0.25, 0.3) is 5.69 Å². The highest BCUT2D eigenvalue weighted by molar-refractivity contribution is 5.73. The van der Waals surface area contributed by atoms with Crippen molar-refractivity contribution < 1.29 is 14.5 Å². The highest BCUT2D eigenvalue weighted by atomic mass is 16.6. The Morgan fingerprint density at radius 3 is 2.30 bits per heavy atom. The van der Waals surface area contributed by atoms with Gasteiger partial charge >= 0.3 is 5.97 Å². The Labute approximate surface area is 136 Å². The van der Waals surface area contributed by atoms with E-state index in [2.05, 4.69) is 4.90 Å². The quantitative estimate of drug-likeness (QED) is 0.484. The fraction of sp³-hybridized carbons (Fsp3) is 0.588. The topological polar surface area (TPSA) is 72.7 Å². The van der Waals surface area contributed by atoms with Gasteiger partial charge < -0.3 is 4.74 Å². The lowest BCUT2D eigenvalue weighted by atomic mass is 9.96. The first-order chi connectivity index (χ1) is 10.7. The average molecular weight is 320 g/mol. The van der Waals surface area contributed by atoms with E-state index < -0.39 is 10.5 Å². The van der Waals surface area contributed by atoms with Crippen molar-refractivity contribution >= 4 is 11.7 Å². The Morgan fingerprint density at radius 1 is 1.26 bits per heavy atom. The Balaban J connectivity index is 1.82. The maximum absolute atomic E-state index is 12.1. The summed E-state index contributed by atoms with van der Waals surface area (Å²) < 4.78 is 5.44. The molecule has 0 bridgehead atoms. The predicted molar refractivity (Wildman–Crippen MR) is 86.9 cm³/mol. The highest BCUT2D eigenvalue weighted by Gasteiger charge is 2.28. The zero-order valence-electron chi connectivity index (χ0n) is 13.9. The van der Waals surface area contributed by atoms with Crippen LogP contribution in [0.15, 0.2) is 24.3 Å². The number of likely N-dealkylation sites (tertiary alicyclic amines) is 1. The first kappa shape index (κ1) is 17.4. The molecule has 126 valence electrons. The molecule has 1 fully saturated rings. The van der Waals surface area contributed by atoms with Crippen LogP contribution in [0.5, 0.6) is 0 Å². The van der Waals surface area contributed by atoms with E-state index in [1.54, 1.807) is 12.1 Å². The first-order valence-corrected chi connectivity index (χ1v) is 7.93. The molecule has 6 heteroatoms. The fourth-order valence-corrected chi connectivity index (χ4v) is 2.69. The van der Waals surface area contributed by atoms with Gasteiger partial charge in [-0.3, -0.25) is 19.8 Å². The molecular formula is C17H24N2O4. The first-order valence-electron chi connectivity index (χ1n) is 7.93. The lowest BCUT2D eigenvalue weighted by Crippen LogP contribution is -2.38. The Kier molecular flexibility index (Phi) is 5.36. The predicted octanol–water partition coefficient (Wildman–Crippen LogP) is 3.15. The van der Waals surface area contributed by atoms with Crippen LogP contribution in [0, 0.1) is 16.0 Å². The number of esters is 1. The Bertz CT molecular complexity index is 555. The number of nitrogens with zero attached hydrogens (tertiary/aromatic N) is 2. The number of hydrogen-bond donors (Lipinski definition) is 0. The number of rotatable bonds is 4. The van der Waals surface area contributed by atoms with E-state index in [0.717, 1.165) is 38.0 Å². The molecule has 0 unspecified atom stereocenters. The monoisotopic (exact) mass is 320 g/mol. The largest absolute Gasteiger partial charge is 0.460 e. The molecule has 0 N–H and O–H groups in total. The van der Waals surface area contributed by atoms with Crippen molar-refractivity contribution in [2.75, 3.05) is 13.1 Å². The van der Waals surface area contributed by atoms with Gasteiger partial charge in [-0.05, 0) is 52.3 Å². The van der Waals surface area contributed by atoms with Crippen molar-refractivity contribution in [1.82, 2.24) is 4.90 Å². The van der Waals surface area contributed by atoms with Crippen LogP contribution in [-0.2, 0) is 16.1 Å². The molecule has 0 saturated carbocycles. The van der Waals surface area contributed by atoms with E-state index in [1.807, 2.05) is 20.8 Å². The average Bonchev–Trinajstić information content (AvgIpc) is 2.46. The summed E-state index contributed by atoms with van der Waals surface area (Å²) in [5.74, 6) is -0.130. The van der Waals surface area contributed by atoms with Crippen molar-refractivity contribution in [3.05, 3.63) is 39.9 Å². The molecule has 1 heterocycles. The minimum atomic E-state index is -0.438. The van der Waals surface area contributed by atoms with Gasteiger partial charge in [0.05, 0.1) is 10.8 Å². The molecule has 0 amide bonds. The molecule has 1 aromatic rings. The second-order valence-corrected chi connectivity index (χ2v) is 7.01. The molecule has 23 heavy (non-hydrogen) atoms. The molecule has 6 nitrogen and oxygen atoms in total. The lowest BCUT2D eigenvalue weighted by molar-refractivity contribution is -0.384. The number of carbonyl (C=O) groups excluding carboxylic acids is 1. The Hall–Kier alpha value is -1.95. The summed E-state index contributed by atoms with van der Waals surface area (Å²) in [4.78, 5) is 24.6. The van der Waals surface area contributed by atoms with Crippen LogP contribution in [-0.4, -0.2) is 34.5 Å². The molecule has 0 spiro atoms. The molecule has 2 rings (SSSR count). The number of ether oxygens (including phenoxy) is 1. The van der Waals surface area contributed by atoms with E-state index in [0.29, 0.717) is 0 Å². The molecule has 1 saturated heterocycles. The minimum absolute atomic E-state index is 0.0256. The molecule has 0 aromatic heterocycles. The number of nitro groups is 1. The molecule has 0 radical (unpaired) electrons. The van der Waals surface area contributed by atoms with Crippen LogP contribution in [0.1, 0.15) is 39.2 Å². The zero-order valence-corrected chi connectivity index (χ0v) is 13.9. The minimum Gasteiger partial charge on any atom is -0.460 e. The molecule has 1 aliphatic heterocycles. The maximum atomic E-state index is 12.1. The van der Waals surface area contributed by atoms with E-state index in [1.165, 1.54) is 12.1 Å². The number of non-ortho nitro benzene ring substituents is 1. The van der Waals surface area contributed by atoms with Gasteiger partial charge in [-0.25, -0.2) is 0 Å². The van der Waals surface area contributed by atoms with Crippen LogP contribution < -0.4 is 0 Å². The zero-order chi connectivity index (χ0) is 17.0. The normalized spacial score (nSPS) is 17.0. The van der Waals surface area contributed by atoms with Crippen molar-refractivity contribution in [2.45, 2.75) is 45.8 Å². The summed E-state index contributed by atoms with van der Waals surface area (Å²) in [5, 5.41) is 10.7. The lowest BCUT2D eigenvalue weighted by Gasteiger charge is -2.32. The van der Waals surface area contributed by atoms with Gasteiger partial charge in [-0.1, -0.05) is 12.1 Å². The van der Waals surface area contributed by atoms with Gasteiger partial charge in [0.2, 0.25) is 0 Å². The number of nitro benzene ring substituents is 1. The second-order valence-electron chi connectivity index (χ2n) is 7.01. The third-order valence-corrected chi connectivity index (χ3v) is 3.88. The number of carbonyl (C=O) groups is 1. The van der Waals surface area contributed by atoms with Crippen LogP contribution in [0.2, 0.25) is 0 Å². The maximum Gasteiger partial charge on any atom is 0.309 e. The molecular weight excluding hydrogens is 296 g/mol. The molecule has 1 aromatic carbocycles. The number of hydrogen-bond acceptors (Lipinski definition) is 5. The van der Waals surface area contributed by atoms with Gasteiger partial charge in [-0.2, -0.15) is 0 Å². The molecule has 0 aliphatic carbocycles. The summed E-state index contributed by atoms with van der Waals surface area (Å²) in [5.41, 5.74) is 0.719. The smallest absolute Gasteiger partial charge is 0.309 e. The van der Waals surface area contributed by atoms with E-state index in [4.69, 9.17) is 4.74 Å². The van der Waals surface area contributed by atoms with Crippen molar-refractivity contribution in [3.8, 4) is 0 Å².